The number of carbonyl (C=O) groups is 3. The van der Waals surface area contributed by atoms with Crippen molar-refractivity contribution in [2.75, 3.05) is 47.5 Å². The maximum absolute atomic E-state index is 12.8. The van der Waals surface area contributed by atoms with Gasteiger partial charge in [0.15, 0.2) is 6.10 Å². The zero-order valence-corrected chi connectivity index (χ0v) is 41.7. The number of carbonyl (C=O) groups excluding carboxylic acids is 2. The van der Waals surface area contributed by atoms with Crippen molar-refractivity contribution in [3.63, 3.8) is 0 Å². The van der Waals surface area contributed by atoms with E-state index in [0.29, 0.717) is 23.9 Å². The number of rotatable bonds is 46. The van der Waals surface area contributed by atoms with Gasteiger partial charge in [-0.1, -0.05) is 196 Å². The van der Waals surface area contributed by atoms with E-state index >= 15 is 0 Å². The van der Waals surface area contributed by atoms with Crippen molar-refractivity contribution in [1.29, 1.82) is 0 Å². The topological polar surface area (TPSA) is 108 Å². The van der Waals surface area contributed by atoms with Crippen LogP contribution >= 0.6 is 0 Å². The van der Waals surface area contributed by atoms with E-state index in [1.807, 2.05) is 21.1 Å². The van der Waals surface area contributed by atoms with Gasteiger partial charge in [0.25, 0.3) is 6.29 Å². The Balaban J connectivity index is 4.37. The molecule has 0 aromatic heterocycles. The van der Waals surface area contributed by atoms with E-state index in [1.54, 1.807) is 0 Å². The molecule has 0 amide bonds. The Hall–Kier alpha value is -3.27. The lowest BCUT2D eigenvalue weighted by Crippen LogP contribution is -2.40. The van der Waals surface area contributed by atoms with Crippen molar-refractivity contribution in [1.82, 2.24) is 0 Å². The summed E-state index contributed by atoms with van der Waals surface area (Å²) in [6, 6.07) is 0. The highest BCUT2D eigenvalue weighted by molar-refractivity contribution is 5.71. The first-order valence-electron chi connectivity index (χ1n) is 25.6. The van der Waals surface area contributed by atoms with Crippen molar-refractivity contribution in [3.05, 3.63) is 72.9 Å². The van der Waals surface area contributed by atoms with Gasteiger partial charge in [-0.05, 0) is 64.2 Å². The number of esters is 2. The van der Waals surface area contributed by atoms with Crippen molar-refractivity contribution in [2.45, 2.75) is 212 Å². The van der Waals surface area contributed by atoms with E-state index in [9.17, 15) is 19.5 Å². The number of nitrogens with zero attached hydrogens (tertiary/aromatic N) is 1. The van der Waals surface area contributed by atoms with Gasteiger partial charge in [0, 0.05) is 12.8 Å². The van der Waals surface area contributed by atoms with Crippen LogP contribution in [0, 0.1) is 0 Å². The van der Waals surface area contributed by atoms with E-state index < -0.39 is 24.3 Å². The normalized spacial score (nSPS) is 13.5. The Labute approximate surface area is 392 Å². The lowest BCUT2D eigenvalue weighted by Gasteiger charge is -2.25. The molecule has 0 aliphatic carbocycles. The molecule has 0 bridgehead atoms. The lowest BCUT2D eigenvalue weighted by atomic mass is 10.0. The molecule has 0 saturated heterocycles. The predicted octanol–water partition coefficient (Wildman–Crippen LogP) is 14.3. The third kappa shape index (κ3) is 46.7. The lowest BCUT2D eigenvalue weighted by molar-refractivity contribution is -0.870. The van der Waals surface area contributed by atoms with Gasteiger partial charge in [-0.2, -0.15) is 0 Å². The van der Waals surface area contributed by atoms with E-state index in [-0.39, 0.29) is 32.2 Å². The molecule has 0 aromatic rings. The van der Waals surface area contributed by atoms with Gasteiger partial charge in [-0.15, -0.1) is 0 Å². The second-order valence-corrected chi connectivity index (χ2v) is 18.1. The number of carboxylic acid groups (broad SMARTS) is 1. The SMILES string of the molecule is CC/C=C\C/C=C\C/C=C\C/C=C\C/C=C\C/C=C\CCCCCCCCC(=O)OC(COC(=O)CCCCCCCCCCCCCCCC)COC(OCC[N+](C)(C)C)C(=O)O. The monoisotopic (exact) mass is 899 g/mol. The molecule has 0 aliphatic heterocycles. The van der Waals surface area contributed by atoms with E-state index in [0.717, 1.165) is 96.3 Å². The minimum atomic E-state index is -1.52. The second-order valence-electron chi connectivity index (χ2n) is 18.1. The van der Waals surface area contributed by atoms with Crippen LogP contribution in [0.25, 0.3) is 0 Å². The van der Waals surface area contributed by atoms with Crippen LogP contribution in [0.3, 0.4) is 0 Å². The Bertz CT molecular complexity index is 1280. The number of hydrogen-bond acceptors (Lipinski definition) is 7. The van der Waals surface area contributed by atoms with Crippen LogP contribution in [-0.2, 0) is 33.3 Å². The van der Waals surface area contributed by atoms with Crippen molar-refractivity contribution < 1.29 is 42.9 Å². The standard InChI is InChI=1S/C55H95NO8/c1-6-8-10-12-14-16-18-20-22-23-24-25-26-27-28-29-30-31-32-34-36-38-40-42-44-46-53(58)64-51(50-63-55(54(59)60)61-48-47-56(3,4)5)49-62-52(57)45-43-41-39-37-35-33-21-19-17-15-13-11-9-7-2/h8,10,14,16,20,22,24-25,27-28,30-31,51,55H,6-7,9,11-13,15,17-19,21,23,26,29,32-50H2,1-5H3/p+1/b10-8-,16-14-,22-20-,25-24-,28-27-,31-30-. The largest absolute Gasteiger partial charge is 0.477 e. The molecule has 0 aliphatic rings. The van der Waals surface area contributed by atoms with Crippen molar-refractivity contribution in [2.24, 2.45) is 0 Å². The summed E-state index contributed by atoms with van der Waals surface area (Å²) in [5, 5.41) is 9.66. The first-order valence-corrected chi connectivity index (χ1v) is 25.6. The van der Waals surface area contributed by atoms with Crippen molar-refractivity contribution in [3.8, 4) is 0 Å². The molecule has 0 fully saturated rings. The fraction of sp³-hybridized carbons (Fsp3) is 0.727. The summed E-state index contributed by atoms with van der Waals surface area (Å²) in [4.78, 5) is 37.2. The van der Waals surface area contributed by atoms with Crippen LogP contribution < -0.4 is 0 Å². The van der Waals surface area contributed by atoms with Gasteiger partial charge in [0.2, 0.25) is 0 Å². The predicted molar refractivity (Wildman–Crippen MR) is 267 cm³/mol. The van der Waals surface area contributed by atoms with Gasteiger partial charge in [-0.3, -0.25) is 9.59 Å². The number of aliphatic carboxylic acids is 1. The van der Waals surface area contributed by atoms with Crippen LogP contribution in [0.4, 0.5) is 0 Å². The average molecular weight is 899 g/mol. The minimum absolute atomic E-state index is 0.182. The Morgan fingerprint density at radius 1 is 0.484 bits per heavy atom. The molecule has 64 heavy (non-hydrogen) atoms. The van der Waals surface area contributed by atoms with Crippen LogP contribution in [0.5, 0.6) is 0 Å². The molecule has 2 atom stereocenters. The molecule has 9 heteroatoms. The molecule has 0 spiro atoms. The molecule has 0 heterocycles. The molecule has 368 valence electrons. The van der Waals surface area contributed by atoms with Gasteiger partial charge >= 0.3 is 17.9 Å². The number of hydrogen-bond donors (Lipinski definition) is 1. The molecule has 0 aromatic carbocycles. The Morgan fingerprint density at radius 3 is 1.33 bits per heavy atom. The Kier molecular flexibility index (Phi) is 43.9. The zero-order chi connectivity index (χ0) is 47.0. The number of allylic oxidation sites excluding steroid dienone is 12. The fourth-order valence-corrected chi connectivity index (χ4v) is 6.78. The summed E-state index contributed by atoms with van der Waals surface area (Å²) in [5.41, 5.74) is 0. The van der Waals surface area contributed by atoms with Gasteiger partial charge in [0.05, 0.1) is 34.4 Å². The number of carboxylic acids is 1. The first-order chi connectivity index (χ1) is 31.1. The highest BCUT2D eigenvalue weighted by Gasteiger charge is 2.25. The van der Waals surface area contributed by atoms with Crippen LogP contribution in [0.15, 0.2) is 72.9 Å². The molecular weight excluding hydrogens is 803 g/mol. The van der Waals surface area contributed by atoms with Gasteiger partial charge < -0.3 is 28.5 Å². The molecule has 1 N–H and O–H groups in total. The van der Waals surface area contributed by atoms with Crippen LogP contribution in [0.2, 0.25) is 0 Å². The summed E-state index contributed by atoms with van der Waals surface area (Å²) in [7, 11) is 5.95. The summed E-state index contributed by atoms with van der Waals surface area (Å²) in [5.74, 6) is -2.03. The molecular formula is C55H96NO8+. The first kappa shape index (κ1) is 60.7. The molecule has 0 radical (unpaired) electrons. The number of unbranched alkanes of at least 4 members (excludes halogenated alkanes) is 19. The summed E-state index contributed by atoms with van der Waals surface area (Å²) in [6.07, 6.45) is 55.3. The third-order valence-corrected chi connectivity index (χ3v) is 10.7. The quantitative estimate of drug-likeness (QED) is 0.0212. The second kappa shape index (κ2) is 46.3. The number of ether oxygens (including phenoxy) is 4. The van der Waals surface area contributed by atoms with Crippen LogP contribution in [-0.4, -0.2) is 87.4 Å². The maximum Gasteiger partial charge on any atom is 0.361 e. The van der Waals surface area contributed by atoms with Gasteiger partial charge in [0.1, 0.15) is 13.2 Å². The van der Waals surface area contributed by atoms with Crippen molar-refractivity contribution >= 4 is 17.9 Å². The average Bonchev–Trinajstić information content (AvgIpc) is 3.26. The summed E-state index contributed by atoms with van der Waals surface area (Å²) < 4.78 is 22.8. The van der Waals surface area contributed by atoms with E-state index in [1.165, 1.54) is 70.6 Å². The summed E-state index contributed by atoms with van der Waals surface area (Å²) in [6.45, 7) is 4.74. The number of quaternary nitrogens is 1. The molecule has 0 saturated carbocycles. The fourth-order valence-electron chi connectivity index (χ4n) is 6.78. The van der Waals surface area contributed by atoms with E-state index in [4.69, 9.17) is 18.9 Å². The van der Waals surface area contributed by atoms with E-state index in [2.05, 4.69) is 86.8 Å². The molecule has 0 rings (SSSR count). The third-order valence-electron chi connectivity index (χ3n) is 10.7. The summed E-state index contributed by atoms with van der Waals surface area (Å²) >= 11 is 0. The smallest absolute Gasteiger partial charge is 0.361 e. The van der Waals surface area contributed by atoms with Crippen LogP contribution in [0.1, 0.15) is 200 Å². The molecule has 2 unspecified atom stereocenters. The minimum Gasteiger partial charge on any atom is -0.477 e. The number of likely N-dealkylation sites (N-methyl/N-ethyl adjacent to an activating group) is 1. The van der Waals surface area contributed by atoms with Gasteiger partial charge in [-0.25, -0.2) is 4.79 Å². The highest BCUT2D eigenvalue weighted by Crippen LogP contribution is 2.15. The molecule has 9 nitrogen and oxygen atoms in total. The Morgan fingerprint density at radius 2 is 0.891 bits per heavy atom. The zero-order valence-electron chi connectivity index (χ0n) is 41.7. The maximum atomic E-state index is 12.8. The highest BCUT2D eigenvalue weighted by atomic mass is 16.7.